The molecule has 2 aromatic heterocycles. The predicted molar refractivity (Wildman–Crippen MR) is 85.3 cm³/mol. The van der Waals surface area contributed by atoms with Crippen molar-refractivity contribution in [2.24, 2.45) is 0 Å². The number of nitrogens with one attached hydrogen (secondary N) is 1. The van der Waals surface area contributed by atoms with Crippen molar-refractivity contribution in [1.82, 2.24) is 14.9 Å². The largest absolute Gasteiger partial charge is 0.308 e. The van der Waals surface area contributed by atoms with E-state index in [-0.39, 0.29) is 5.56 Å². The van der Waals surface area contributed by atoms with E-state index in [1.807, 2.05) is 11.4 Å². The molecule has 0 aliphatic heterocycles. The van der Waals surface area contributed by atoms with Gasteiger partial charge in [-0.1, -0.05) is 19.8 Å². The number of nitrogens with zero attached hydrogens (tertiary/aromatic N) is 2. The normalized spacial score (nSPS) is 11.8. The van der Waals surface area contributed by atoms with Crippen LogP contribution in [0.5, 0.6) is 0 Å². The lowest BCUT2D eigenvalue weighted by Crippen LogP contribution is -2.32. The average Bonchev–Trinajstić information content (AvgIpc) is 2.86. The molecule has 2 aromatic rings. The number of hydrogen-bond acceptors (Lipinski definition) is 4. The highest BCUT2D eigenvalue weighted by Gasteiger charge is 2.12. The van der Waals surface area contributed by atoms with E-state index in [2.05, 4.69) is 35.6 Å². The molecule has 0 saturated heterocycles. The molecule has 0 aromatic carbocycles. The Balaban J connectivity index is 2.13. The lowest BCUT2D eigenvalue weighted by atomic mass is 10.2. The molecule has 0 unspecified atom stereocenters. The van der Waals surface area contributed by atoms with Gasteiger partial charge in [-0.15, -0.1) is 11.3 Å². The SMILES string of the molecule is CCCCCN(Cc1nc2ccsc2c(=O)[nH]1)C(C)C. The van der Waals surface area contributed by atoms with Crippen LogP contribution in [0, 0.1) is 0 Å². The van der Waals surface area contributed by atoms with Gasteiger partial charge in [0.15, 0.2) is 0 Å². The number of H-pyrrole nitrogens is 1. The maximum atomic E-state index is 12.0. The van der Waals surface area contributed by atoms with E-state index in [1.54, 1.807) is 0 Å². The number of hydrogen-bond donors (Lipinski definition) is 1. The van der Waals surface area contributed by atoms with Crippen LogP contribution < -0.4 is 5.56 Å². The molecule has 0 bridgehead atoms. The molecule has 20 heavy (non-hydrogen) atoms. The molecular weight excluding hydrogens is 270 g/mol. The summed E-state index contributed by atoms with van der Waals surface area (Å²) in [5, 5.41) is 1.91. The van der Waals surface area contributed by atoms with Gasteiger partial charge in [0, 0.05) is 6.04 Å². The topological polar surface area (TPSA) is 49.0 Å². The third-order valence-electron chi connectivity index (χ3n) is 3.50. The smallest absolute Gasteiger partial charge is 0.268 e. The second kappa shape index (κ2) is 6.99. The van der Waals surface area contributed by atoms with E-state index in [4.69, 9.17) is 0 Å². The van der Waals surface area contributed by atoms with Gasteiger partial charge in [-0.3, -0.25) is 9.69 Å². The summed E-state index contributed by atoms with van der Waals surface area (Å²) in [7, 11) is 0. The van der Waals surface area contributed by atoms with E-state index in [9.17, 15) is 4.79 Å². The Labute approximate surface area is 123 Å². The van der Waals surface area contributed by atoms with E-state index >= 15 is 0 Å². The van der Waals surface area contributed by atoms with E-state index in [0.29, 0.717) is 12.6 Å². The van der Waals surface area contributed by atoms with Crippen molar-refractivity contribution in [3.05, 3.63) is 27.6 Å². The van der Waals surface area contributed by atoms with Gasteiger partial charge < -0.3 is 4.98 Å². The minimum atomic E-state index is -0.0164. The first-order chi connectivity index (χ1) is 9.61. The average molecular weight is 293 g/mol. The summed E-state index contributed by atoms with van der Waals surface area (Å²) in [6.07, 6.45) is 3.66. The Morgan fingerprint density at radius 1 is 1.40 bits per heavy atom. The minimum absolute atomic E-state index is 0.0164. The summed E-state index contributed by atoms with van der Waals surface area (Å²) in [5.41, 5.74) is 0.795. The Hall–Kier alpha value is -1.20. The van der Waals surface area contributed by atoms with Gasteiger partial charge in [0.05, 0.1) is 12.1 Å². The summed E-state index contributed by atoms with van der Waals surface area (Å²) in [5.74, 6) is 0.770. The third-order valence-corrected chi connectivity index (χ3v) is 4.40. The van der Waals surface area contributed by atoms with Crippen molar-refractivity contribution in [2.45, 2.75) is 52.6 Å². The number of aromatic amines is 1. The molecule has 0 aliphatic rings. The number of unbranched alkanes of at least 4 members (excludes halogenated alkanes) is 2. The first-order valence-electron chi connectivity index (χ1n) is 7.32. The summed E-state index contributed by atoms with van der Waals surface area (Å²) < 4.78 is 0.718. The van der Waals surface area contributed by atoms with Crippen LogP contribution in [0.2, 0.25) is 0 Å². The monoisotopic (exact) mass is 293 g/mol. The highest BCUT2D eigenvalue weighted by Crippen LogP contribution is 2.15. The van der Waals surface area contributed by atoms with Crippen molar-refractivity contribution in [2.75, 3.05) is 6.54 Å². The van der Waals surface area contributed by atoms with Gasteiger partial charge in [-0.25, -0.2) is 4.98 Å². The van der Waals surface area contributed by atoms with Gasteiger partial charge >= 0.3 is 0 Å². The molecular formula is C15H23N3OS. The third kappa shape index (κ3) is 3.67. The van der Waals surface area contributed by atoms with Gasteiger partial charge in [-0.2, -0.15) is 0 Å². The number of fused-ring (bicyclic) bond motifs is 1. The van der Waals surface area contributed by atoms with Crippen molar-refractivity contribution in [1.29, 1.82) is 0 Å². The molecule has 0 saturated carbocycles. The molecule has 2 rings (SSSR count). The second-order valence-electron chi connectivity index (χ2n) is 5.42. The van der Waals surface area contributed by atoms with Gasteiger partial charge in [0.2, 0.25) is 0 Å². The quantitative estimate of drug-likeness (QED) is 0.796. The molecule has 2 heterocycles. The molecule has 5 heteroatoms. The van der Waals surface area contributed by atoms with Crippen LogP contribution in [0.3, 0.4) is 0 Å². The summed E-state index contributed by atoms with van der Waals surface area (Å²) in [6, 6.07) is 2.37. The van der Waals surface area contributed by atoms with Crippen LogP contribution in [0.1, 0.15) is 45.9 Å². The number of thiophene rings is 1. The first-order valence-corrected chi connectivity index (χ1v) is 8.20. The van der Waals surface area contributed by atoms with Crippen molar-refractivity contribution in [3.8, 4) is 0 Å². The highest BCUT2D eigenvalue weighted by atomic mass is 32.1. The molecule has 0 fully saturated rings. The zero-order valence-electron chi connectivity index (χ0n) is 12.5. The first kappa shape index (κ1) is 15.2. The molecule has 0 amide bonds. The van der Waals surface area contributed by atoms with Crippen LogP contribution in [-0.2, 0) is 6.54 Å². The second-order valence-corrected chi connectivity index (χ2v) is 6.34. The lowest BCUT2D eigenvalue weighted by Gasteiger charge is -2.25. The zero-order valence-corrected chi connectivity index (χ0v) is 13.3. The van der Waals surface area contributed by atoms with Crippen molar-refractivity contribution >= 4 is 21.6 Å². The van der Waals surface area contributed by atoms with Crippen LogP contribution in [0.25, 0.3) is 10.2 Å². The summed E-state index contributed by atoms with van der Waals surface area (Å²) >= 11 is 1.44. The molecule has 110 valence electrons. The van der Waals surface area contributed by atoms with E-state index in [1.165, 1.54) is 30.6 Å². The van der Waals surface area contributed by atoms with Gasteiger partial charge in [0.25, 0.3) is 5.56 Å². The van der Waals surface area contributed by atoms with Crippen LogP contribution in [0.15, 0.2) is 16.2 Å². The fourth-order valence-electron chi connectivity index (χ4n) is 2.27. The van der Waals surface area contributed by atoms with E-state index < -0.39 is 0 Å². The number of rotatable bonds is 7. The van der Waals surface area contributed by atoms with Crippen LogP contribution in [-0.4, -0.2) is 27.5 Å². The van der Waals surface area contributed by atoms with Crippen molar-refractivity contribution in [3.63, 3.8) is 0 Å². The summed E-state index contributed by atoms with van der Waals surface area (Å²) in [4.78, 5) is 21.8. The molecule has 4 nitrogen and oxygen atoms in total. The van der Waals surface area contributed by atoms with Crippen LogP contribution in [0.4, 0.5) is 0 Å². The molecule has 0 atom stereocenters. The predicted octanol–water partition coefficient (Wildman–Crippen LogP) is 3.39. The Bertz CT molecular complexity index is 602. The summed E-state index contributed by atoms with van der Waals surface area (Å²) in [6.45, 7) is 8.35. The van der Waals surface area contributed by atoms with E-state index in [0.717, 1.165) is 22.6 Å². The lowest BCUT2D eigenvalue weighted by molar-refractivity contribution is 0.203. The van der Waals surface area contributed by atoms with Crippen LogP contribution >= 0.6 is 11.3 Å². The molecule has 0 spiro atoms. The fraction of sp³-hybridized carbons (Fsp3) is 0.600. The van der Waals surface area contributed by atoms with Crippen molar-refractivity contribution < 1.29 is 0 Å². The van der Waals surface area contributed by atoms with Gasteiger partial charge in [-0.05, 0) is 38.3 Å². The highest BCUT2D eigenvalue weighted by molar-refractivity contribution is 7.17. The Kier molecular flexibility index (Phi) is 5.31. The fourth-order valence-corrected chi connectivity index (χ4v) is 3.00. The minimum Gasteiger partial charge on any atom is -0.308 e. The molecule has 1 N–H and O–H groups in total. The maximum Gasteiger partial charge on any atom is 0.268 e. The number of aromatic nitrogens is 2. The van der Waals surface area contributed by atoms with Gasteiger partial charge in [0.1, 0.15) is 10.5 Å². The maximum absolute atomic E-state index is 12.0. The Morgan fingerprint density at radius 3 is 2.90 bits per heavy atom. The Morgan fingerprint density at radius 2 is 2.20 bits per heavy atom. The molecule has 0 radical (unpaired) electrons. The molecule has 0 aliphatic carbocycles. The zero-order chi connectivity index (χ0) is 14.5. The standard InChI is InChI=1S/C15H23N3OS/c1-4-5-6-8-18(11(2)3)10-13-16-12-7-9-20-14(12)15(19)17-13/h7,9,11H,4-6,8,10H2,1-3H3,(H,16,17,19).